The molecule has 9 nitrogen and oxygen atoms in total. The molecule has 1 saturated heterocycles. The van der Waals surface area contributed by atoms with Crippen molar-refractivity contribution in [3.63, 3.8) is 0 Å². The first-order valence-corrected chi connectivity index (χ1v) is 13.3. The maximum atomic E-state index is 13.1. The average molecular weight is 606 g/mol. The highest BCUT2D eigenvalue weighted by atomic mass is 79.9. The Bertz CT molecular complexity index is 1520. The lowest BCUT2D eigenvalue weighted by Gasteiger charge is -2.26. The van der Waals surface area contributed by atoms with Crippen LogP contribution in [-0.4, -0.2) is 32.9 Å². The largest absolute Gasteiger partial charge is 0.494 e. The van der Waals surface area contributed by atoms with Gasteiger partial charge in [0.15, 0.2) is 5.75 Å². The van der Waals surface area contributed by atoms with Gasteiger partial charge in [-0.3, -0.25) is 14.9 Å². The predicted octanol–water partition coefficient (Wildman–Crippen LogP) is 4.94. The van der Waals surface area contributed by atoms with E-state index in [2.05, 4.69) is 21.2 Å². The lowest BCUT2D eigenvalue weighted by atomic mass is 10.1. The Labute approximate surface area is 225 Å². The summed E-state index contributed by atoms with van der Waals surface area (Å²) in [6.07, 6.45) is 1.29. The van der Waals surface area contributed by atoms with E-state index in [0.717, 1.165) is 4.90 Å². The minimum atomic E-state index is -4.14. The van der Waals surface area contributed by atoms with E-state index in [1.807, 2.05) is 6.92 Å². The molecule has 1 N–H and O–H groups in total. The third-order valence-corrected chi connectivity index (χ3v) is 7.20. The van der Waals surface area contributed by atoms with Crippen LogP contribution in [0.15, 0.2) is 81.7 Å². The number of amides is 4. The van der Waals surface area contributed by atoms with Crippen molar-refractivity contribution in [2.75, 3.05) is 11.5 Å². The van der Waals surface area contributed by atoms with Gasteiger partial charge in [-0.15, -0.1) is 0 Å². The van der Waals surface area contributed by atoms with Crippen LogP contribution in [0.2, 0.25) is 5.02 Å². The highest BCUT2D eigenvalue weighted by molar-refractivity contribution is 9.10. The van der Waals surface area contributed by atoms with E-state index in [9.17, 15) is 22.8 Å². The summed E-state index contributed by atoms with van der Waals surface area (Å²) in [6, 6.07) is 15.2. The molecule has 4 rings (SSSR count). The van der Waals surface area contributed by atoms with Gasteiger partial charge in [0.05, 0.1) is 16.8 Å². The Kier molecular flexibility index (Phi) is 7.67. The molecule has 0 aliphatic carbocycles. The van der Waals surface area contributed by atoms with Crippen LogP contribution in [0.5, 0.6) is 11.5 Å². The number of hydrogen-bond donors (Lipinski definition) is 1. The van der Waals surface area contributed by atoms with Crippen LogP contribution >= 0.6 is 27.5 Å². The molecule has 0 bridgehead atoms. The standard InChI is InChI=1S/C25H18BrClN2O7S/c1-2-35-18-8-6-17(7-9-18)29-24(31)20(23(30)28-25(29)32)13-15-3-12-22(21(26)14-15)36-37(33,34)19-10-4-16(27)5-11-19/h3-14H,2H2,1H3,(H,28,30,32)/b20-13+. The van der Waals surface area contributed by atoms with Crippen molar-refractivity contribution in [2.24, 2.45) is 0 Å². The van der Waals surface area contributed by atoms with Crippen LogP contribution in [-0.2, 0) is 19.7 Å². The van der Waals surface area contributed by atoms with E-state index in [-0.39, 0.29) is 26.4 Å². The fourth-order valence-corrected chi connectivity index (χ4v) is 5.02. The number of barbiturate groups is 1. The zero-order valence-electron chi connectivity index (χ0n) is 19.1. The van der Waals surface area contributed by atoms with Crippen LogP contribution in [0.1, 0.15) is 12.5 Å². The number of ether oxygens (including phenoxy) is 1. The molecule has 0 unspecified atom stereocenters. The van der Waals surface area contributed by atoms with Gasteiger partial charge in [0, 0.05) is 5.02 Å². The number of hydrogen-bond acceptors (Lipinski definition) is 7. The maximum absolute atomic E-state index is 13.1. The van der Waals surface area contributed by atoms with E-state index >= 15 is 0 Å². The summed E-state index contributed by atoms with van der Waals surface area (Å²) >= 11 is 9.06. The van der Waals surface area contributed by atoms with Crippen LogP contribution in [0.4, 0.5) is 10.5 Å². The summed E-state index contributed by atoms with van der Waals surface area (Å²) in [5, 5.41) is 2.53. The Hall–Kier alpha value is -3.67. The van der Waals surface area contributed by atoms with Crippen LogP contribution in [0.3, 0.4) is 0 Å². The molecule has 37 heavy (non-hydrogen) atoms. The highest BCUT2D eigenvalue weighted by Gasteiger charge is 2.36. The molecule has 1 aliphatic rings. The Morgan fingerprint density at radius 1 is 1.00 bits per heavy atom. The quantitative estimate of drug-likeness (QED) is 0.230. The number of urea groups is 1. The van der Waals surface area contributed by atoms with Gasteiger partial charge < -0.3 is 8.92 Å². The summed E-state index contributed by atoms with van der Waals surface area (Å²) in [5.74, 6) is -1.13. The Balaban J connectivity index is 1.59. The van der Waals surface area contributed by atoms with Gasteiger partial charge in [-0.05, 0) is 95.2 Å². The summed E-state index contributed by atoms with van der Waals surface area (Å²) in [5.41, 5.74) is 0.340. The number of imide groups is 2. The molecule has 190 valence electrons. The molecule has 3 aromatic rings. The van der Waals surface area contributed by atoms with Crippen molar-refractivity contribution >= 4 is 67.3 Å². The third kappa shape index (κ3) is 5.85. The van der Waals surface area contributed by atoms with E-state index in [1.165, 1.54) is 60.7 Å². The first-order chi connectivity index (χ1) is 17.6. The Morgan fingerprint density at radius 2 is 1.68 bits per heavy atom. The minimum Gasteiger partial charge on any atom is -0.494 e. The number of anilines is 1. The topological polar surface area (TPSA) is 119 Å². The van der Waals surface area contributed by atoms with Crippen LogP contribution in [0.25, 0.3) is 6.08 Å². The van der Waals surface area contributed by atoms with Gasteiger partial charge in [0.2, 0.25) is 0 Å². The molecule has 0 spiro atoms. The fraction of sp³-hybridized carbons (Fsp3) is 0.0800. The lowest BCUT2D eigenvalue weighted by Crippen LogP contribution is -2.54. The van der Waals surface area contributed by atoms with E-state index in [4.69, 9.17) is 20.5 Å². The Morgan fingerprint density at radius 3 is 2.30 bits per heavy atom. The first kappa shape index (κ1) is 26.4. The molecule has 1 fully saturated rings. The predicted molar refractivity (Wildman–Crippen MR) is 140 cm³/mol. The second kappa shape index (κ2) is 10.8. The zero-order valence-corrected chi connectivity index (χ0v) is 22.3. The SMILES string of the molecule is CCOc1ccc(N2C(=O)NC(=O)/C(=C\c3ccc(OS(=O)(=O)c4ccc(Cl)cc4)c(Br)c3)C2=O)cc1. The molecule has 0 aromatic heterocycles. The normalized spacial score (nSPS) is 15.1. The molecule has 12 heteroatoms. The monoisotopic (exact) mass is 604 g/mol. The van der Waals surface area contributed by atoms with Crippen molar-refractivity contribution in [3.05, 3.63) is 87.4 Å². The second-order valence-corrected chi connectivity index (χ2v) is 10.4. The molecule has 3 aromatic carbocycles. The average Bonchev–Trinajstić information content (AvgIpc) is 2.85. The number of carbonyl (C=O) groups is 3. The highest BCUT2D eigenvalue weighted by Crippen LogP contribution is 2.31. The van der Waals surface area contributed by atoms with E-state index < -0.39 is 28.0 Å². The van der Waals surface area contributed by atoms with Crippen LogP contribution in [0, 0.1) is 0 Å². The van der Waals surface area contributed by atoms with Gasteiger partial charge >= 0.3 is 16.1 Å². The zero-order chi connectivity index (χ0) is 26.7. The van der Waals surface area contributed by atoms with E-state index in [1.54, 1.807) is 12.1 Å². The van der Waals surface area contributed by atoms with Crippen molar-refractivity contribution < 1.29 is 31.7 Å². The van der Waals surface area contributed by atoms with Crippen molar-refractivity contribution in [1.29, 1.82) is 0 Å². The number of nitrogens with one attached hydrogen (secondary N) is 1. The van der Waals surface area contributed by atoms with Gasteiger partial charge in [0.1, 0.15) is 16.2 Å². The fourth-order valence-electron chi connectivity index (χ4n) is 3.36. The summed E-state index contributed by atoms with van der Waals surface area (Å²) in [7, 11) is -4.14. The molecule has 0 radical (unpaired) electrons. The van der Waals surface area contributed by atoms with Gasteiger partial charge in [-0.25, -0.2) is 9.69 Å². The minimum absolute atomic E-state index is 0.0114. The van der Waals surface area contributed by atoms with Gasteiger partial charge in [-0.1, -0.05) is 17.7 Å². The number of halogens is 2. The molecule has 1 aliphatic heterocycles. The number of carbonyl (C=O) groups excluding carboxylic acids is 3. The molecule has 1 heterocycles. The maximum Gasteiger partial charge on any atom is 0.339 e. The summed E-state index contributed by atoms with van der Waals surface area (Å²) in [6.45, 7) is 2.28. The van der Waals surface area contributed by atoms with Crippen LogP contribution < -0.4 is 19.1 Å². The van der Waals surface area contributed by atoms with Crippen molar-refractivity contribution in [3.8, 4) is 11.5 Å². The molecular formula is C25H18BrClN2O7S. The van der Waals surface area contributed by atoms with Crippen molar-refractivity contribution in [2.45, 2.75) is 11.8 Å². The van der Waals surface area contributed by atoms with E-state index in [0.29, 0.717) is 22.9 Å². The molecule has 0 saturated carbocycles. The lowest BCUT2D eigenvalue weighted by molar-refractivity contribution is -0.122. The molecule has 4 amide bonds. The van der Waals surface area contributed by atoms with Gasteiger partial charge in [-0.2, -0.15) is 8.42 Å². The summed E-state index contributed by atoms with van der Waals surface area (Å²) in [4.78, 5) is 38.7. The second-order valence-electron chi connectivity index (χ2n) is 7.57. The van der Waals surface area contributed by atoms with Gasteiger partial charge in [0.25, 0.3) is 11.8 Å². The molecular weight excluding hydrogens is 588 g/mol. The molecule has 0 atom stereocenters. The number of nitrogens with zero attached hydrogens (tertiary/aromatic N) is 1. The smallest absolute Gasteiger partial charge is 0.339 e. The first-order valence-electron chi connectivity index (χ1n) is 10.7. The van der Waals surface area contributed by atoms with Crippen molar-refractivity contribution in [1.82, 2.24) is 5.32 Å². The number of rotatable bonds is 7. The summed E-state index contributed by atoms with van der Waals surface area (Å²) < 4.78 is 36.0. The third-order valence-electron chi connectivity index (χ3n) is 5.08. The number of benzene rings is 3.